The zero-order chi connectivity index (χ0) is 12.1. The van der Waals surface area contributed by atoms with Crippen molar-refractivity contribution in [1.29, 1.82) is 0 Å². The molecule has 84 valence electrons. The molecule has 0 aliphatic heterocycles. The van der Waals surface area contributed by atoms with Crippen LogP contribution in [0.2, 0.25) is 0 Å². The average molecular weight is 392 g/mol. The number of hydrogen-bond acceptors (Lipinski definition) is 1. The fourth-order valence-corrected chi connectivity index (χ4v) is 2.14. The second-order valence-corrected chi connectivity index (χ2v) is 5.48. The van der Waals surface area contributed by atoms with Gasteiger partial charge in [-0.15, -0.1) is 12.3 Å². The van der Waals surface area contributed by atoms with Gasteiger partial charge in [-0.1, -0.05) is 15.9 Å². The lowest BCUT2D eigenvalue weighted by Gasteiger charge is -2.12. The quantitative estimate of drug-likeness (QED) is 0.622. The van der Waals surface area contributed by atoms with Crippen LogP contribution in [0.1, 0.15) is 23.7 Å². The van der Waals surface area contributed by atoms with Gasteiger partial charge in [0.15, 0.2) is 0 Å². The summed E-state index contributed by atoms with van der Waals surface area (Å²) < 4.78 is 1.81. The molecule has 1 aromatic carbocycles. The van der Waals surface area contributed by atoms with Crippen LogP contribution in [0.15, 0.2) is 22.7 Å². The lowest BCUT2D eigenvalue weighted by Crippen LogP contribution is -2.32. The molecule has 1 unspecified atom stereocenters. The molecule has 0 heterocycles. The number of amides is 1. The van der Waals surface area contributed by atoms with Gasteiger partial charge in [-0.05, 0) is 47.7 Å². The number of nitrogens with one attached hydrogen (secondary N) is 1. The van der Waals surface area contributed by atoms with Gasteiger partial charge < -0.3 is 5.32 Å². The van der Waals surface area contributed by atoms with Crippen molar-refractivity contribution in [1.82, 2.24) is 5.32 Å². The van der Waals surface area contributed by atoms with E-state index in [1.54, 1.807) is 6.07 Å². The Morgan fingerprint density at radius 3 is 3.00 bits per heavy atom. The standard InChI is InChI=1S/C12H11BrINO/c1-3-4-8(2)15-12(16)10-7-9(13)5-6-11(10)14/h1,5-8H,4H2,2H3,(H,15,16). The highest BCUT2D eigenvalue weighted by atomic mass is 127. The maximum Gasteiger partial charge on any atom is 0.252 e. The van der Waals surface area contributed by atoms with Crippen LogP contribution in [-0.4, -0.2) is 11.9 Å². The predicted molar refractivity (Wildman–Crippen MR) is 77.2 cm³/mol. The highest BCUT2D eigenvalue weighted by Crippen LogP contribution is 2.18. The Kier molecular flexibility index (Phi) is 5.29. The summed E-state index contributed by atoms with van der Waals surface area (Å²) in [6.45, 7) is 1.89. The Hall–Kier alpha value is -0.540. The number of hydrogen-bond donors (Lipinski definition) is 1. The van der Waals surface area contributed by atoms with Gasteiger partial charge in [-0.3, -0.25) is 4.79 Å². The lowest BCUT2D eigenvalue weighted by molar-refractivity contribution is 0.0940. The molecule has 0 aliphatic carbocycles. The summed E-state index contributed by atoms with van der Waals surface area (Å²) in [4.78, 5) is 11.9. The van der Waals surface area contributed by atoms with E-state index in [0.29, 0.717) is 12.0 Å². The van der Waals surface area contributed by atoms with E-state index in [9.17, 15) is 4.79 Å². The minimum atomic E-state index is -0.0894. The molecule has 0 aromatic heterocycles. The fraction of sp³-hybridized carbons (Fsp3) is 0.250. The number of benzene rings is 1. The molecule has 0 fully saturated rings. The molecule has 2 nitrogen and oxygen atoms in total. The molecule has 1 atom stereocenters. The van der Waals surface area contributed by atoms with Gasteiger partial charge in [0.1, 0.15) is 0 Å². The normalized spacial score (nSPS) is 11.6. The average Bonchev–Trinajstić information content (AvgIpc) is 2.21. The summed E-state index contributed by atoms with van der Waals surface area (Å²) in [7, 11) is 0. The van der Waals surface area contributed by atoms with Crippen molar-refractivity contribution in [2.75, 3.05) is 0 Å². The summed E-state index contributed by atoms with van der Waals surface area (Å²) in [5, 5.41) is 2.86. The second-order valence-electron chi connectivity index (χ2n) is 3.41. The van der Waals surface area contributed by atoms with Crippen molar-refractivity contribution >= 4 is 44.4 Å². The fourth-order valence-electron chi connectivity index (χ4n) is 1.20. The van der Waals surface area contributed by atoms with Gasteiger partial charge in [-0.25, -0.2) is 0 Å². The molecule has 16 heavy (non-hydrogen) atoms. The van der Waals surface area contributed by atoms with Gasteiger partial charge in [-0.2, -0.15) is 0 Å². The Bertz CT molecular complexity index is 439. The van der Waals surface area contributed by atoms with Crippen molar-refractivity contribution in [2.45, 2.75) is 19.4 Å². The Morgan fingerprint density at radius 1 is 1.69 bits per heavy atom. The summed E-state index contributed by atoms with van der Waals surface area (Å²) >= 11 is 5.48. The van der Waals surface area contributed by atoms with Gasteiger partial charge in [0.2, 0.25) is 0 Å². The molecular formula is C12H11BrINO. The first-order chi connectivity index (χ1) is 7.54. The van der Waals surface area contributed by atoms with Crippen LogP contribution in [0.25, 0.3) is 0 Å². The number of halogens is 2. The van der Waals surface area contributed by atoms with E-state index in [0.717, 1.165) is 8.04 Å². The van der Waals surface area contributed by atoms with Crippen molar-refractivity contribution in [3.63, 3.8) is 0 Å². The molecule has 4 heteroatoms. The van der Waals surface area contributed by atoms with E-state index < -0.39 is 0 Å². The third-order valence-electron chi connectivity index (χ3n) is 1.97. The molecule has 1 N–H and O–H groups in total. The SMILES string of the molecule is C#CCC(C)NC(=O)c1cc(Br)ccc1I. The zero-order valence-corrected chi connectivity index (χ0v) is 12.5. The van der Waals surface area contributed by atoms with E-state index >= 15 is 0 Å². The van der Waals surface area contributed by atoms with Gasteiger partial charge in [0.05, 0.1) is 5.56 Å². The van der Waals surface area contributed by atoms with E-state index in [2.05, 4.69) is 49.8 Å². The molecule has 0 saturated carbocycles. The molecule has 0 bridgehead atoms. The van der Waals surface area contributed by atoms with Crippen LogP contribution in [0, 0.1) is 15.9 Å². The molecule has 0 radical (unpaired) electrons. The monoisotopic (exact) mass is 391 g/mol. The van der Waals surface area contributed by atoms with Crippen LogP contribution in [0.3, 0.4) is 0 Å². The Balaban J connectivity index is 2.81. The number of carbonyl (C=O) groups excluding carboxylic acids is 1. The Morgan fingerprint density at radius 2 is 2.38 bits per heavy atom. The van der Waals surface area contributed by atoms with Crippen molar-refractivity contribution in [3.8, 4) is 12.3 Å². The second kappa shape index (κ2) is 6.26. The first-order valence-electron chi connectivity index (χ1n) is 4.74. The number of terminal acetylenes is 1. The van der Waals surface area contributed by atoms with E-state index in [-0.39, 0.29) is 11.9 Å². The summed E-state index contributed by atoms with van der Waals surface area (Å²) in [6.07, 6.45) is 5.73. The first-order valence-corrected chi connectivity index (χ1v) is 6.61. The zero-order valence-electron chi connectivity index (χ0n) is 8.76. The number of rotatable bonds is 3. The van der Waals surface area contributed by atoms with Crippen LogP contribution in [-0.2, 0) is 0 Å². The maximum absolute atomic E-state index is 11.9. The largest absolute Gasteiger partial charge is 0.349 e. The molecule has 0 saturated heterocycles. The molecule has 1 rings (SSSR count). The minimum absolute atomic E-state index is 0.00715. The molecular weight excluding hydrogens is 381 g/mol. The van der Waals surface area contributed by atoms with E-state index in [1.165, 1.54) is 0 Å². The smallest absolute Gasteiger partial charge is 0.252 e. The molecule has 1 amide bonds. The maximum atomic E-state index is 11.9. The van der Waals surface area contributed by atoms with Crippen LogP contribution < -0.4 is 5.32 Å². The van der Waals surface area contributed by atoms with Crippen molar-refractivity contribution in [3.05, 3.63) is 31.8 Å². The van der Waals surface area contributed by atoms with Gasteiger partial charge >= 0.3 is 0 Å². The number of carbonyl (C=O) groups is 1. The third-order valence-corrected chi connectivity index (χ3v) is 3.41. The van der Waals surface area contributed by atoms with Crippen LogP contribution in [0.5, 0.6) is 0 Å². The summed E-state index contributed by atoms with van der Waals surface area (Å²) in [5.41, 5.74) is 0.666. The van der Waals surface area contributed by atoms with Crippen LogP contribution in [0.4, 0.5) is 0 Å². The highest BCUT2D eigenvalue weighted by molar-refractivity contribution is 14.1. The summed E-state index contributed by atoms with van der Waals surface area (Å²) in [6, 6.07) is 5.60. The summed E-state index contributed by atoms with van der Waals surface area (Å²) in [5.74, 6) is 2.44. The third kappa shape index (κ3) is 3.80. The minimum Gasteiger partial charge on any atom is -0.349 e. The molecule has 1 aromatic rings. The molecule has 0 aliphatic rings. The Labute approximate surface area is 117 Å². The van der Waals surface area contributed by atoms with E-state index in [4.69, 9.17) is 6.42 Å². The topological polar surface area (TPSA) is 29.1 Å². The van der Waals surface area contributed by atoms with Gasteiger partial charge in [0.25, 0.3) is 5.91 Å². The predicted octanol–water partition coefficient (Wildman–Crippen LogP) is 3.20. The first kappa shape index (κ1) is 13.5. The lowest BCUT2D eigenvalue weighted by atomic mass is 10.2. The van der Waals surface area contributed by atoms with Crippen LogP contribution >= 0.6 is 38.5 Å². The highest BCUT2D eigenvalue weighted by Gasteiger charge is 2.12. The van der Waals surface area contributed by atoms with Crippen molar-refractivity contribution in [2.24, 2.45) is 0 Å². The van der Waals surface area contributed by atoms with Gasteiger partial charge in [0, 0.05) is 20.5 Å². The molecule has 0 spiro atoms. The van der Waals surface area contributed by atoms with Crippen molar-refractivity contribution < 1.29 is 4.79 Å². The van der Waals surface area contributed by atoms with E-state index in [1.807, 2.05) is 19.1 Å².